The molecule has 0 atom stereocenters. The van der Waals surface area contributed by atoms with Crippen LogP contribution in [-0.4, -0.2) is 54.1 Å². The number of nitrogens with zero attached hydrogens (tertiary/aromatic N) is 4. The Morgan fingerprint density at radius 2 is 1.92 bits per heavy atom. The van der Waals surface area contributed by atoms with Gasteiger partial charge in [-0.2, -0.15) is 0 Å². The van der Waals surface area contributed by atoms with E-state index in [1.54, 1.807) is 35.1 Å². The number of carbonyl (C=O) groups excluding carboxylic acids is 1. The number of H-pyrrole nitrogens is 2. The minimum atomic E-state index is -0.900. The summed E-state index contributed by atoms with van der Waals surface area (Å²) in [4.78, 5) is 33.2. The molecule has 0 aliphatic heterocycles. The van der Waals surface area contributed by atoms with E-state index in [0.29, 0.717) is 16.6 Å². The Bertz CT molecular complexity index is 1740. The molecular formula is C26H22N6O4. The summed E-state index contributed by atoms with van der Waals surface area (Å²) in [5.74, 6) is -1.26. The van der Waals surface area contributed by atoms with E-state index in [9.17, 15) is 9.59 Å². The van der Waals surface area contributed by atoms with Crippen molar-refractivity contribution >= 4 is 44.8 Å². The molecule has 10 heteroatoms. The van der Waals surface area contributed by atoms with Gasteiger partial charge in [0, 0.05) is 41.3 Å². The Labute approximate surface area is 204 Å². The number of fused-ring (bicyclic) bond motifs is 4. The van der Waals surface area contributed by atoms with Crippen LogP contribution < -0.4 is 0 Å². The van der Waals surface area contributed by atoms with Gasteiger partial charge in [0.15, 0.2) is 0 Å². The number of aromatic amines is 2. The number of aromatic nitrogens is 6. The van der Waals surface area contributed by atoms with Crippen molar-refractivity contribution in [3.05, 3.63) is 77.7 Å². The van der Waals surface area contributed by atoms with Crippen LogP contribution in [0.4, 0.5) is 0 Å². The van der Waals surface area contributed by atoms with Gasteiger partial charge in [0.25, 0.3) is 0 Å². The smallest absolute Gasteiger partial charge is 0.337 e. The molecule has 0 fully saturated rings. The van der Waals surface area contributed by atoms with Crippen LogP contribution in [-0.2, 0) is 11.8 Å². The first-order chi connectivity index (χ1) is 17.4. The van der Waals surface area contributed by atoms with E-state index in [4.69, 9.17) is 9.84 Å². The zero-order chi connectivity index (χ0) is 25.4. The first-order valence-electron chi connectivity index (χ1n) is 11.0. The summed E-state index contributed by atoms with van der Waals surface area (Å²) < 4.78 is 6.50. The number of nitrogens with one attached hydrogen (secondary N) is 2. The maximum absolute atomic E-state index is 11.7. The lowest BCUT2D eigenvalue weighted by atomic mass is 10.1. The van der Waals surface area contributed by atoms with Gasteiger partial charge in [0.2, 0.25) is 0 Å². The fourth-order valence-corrected chi connectivity index (χ4v) is 4.27. The summed E-state index contributed by atoms with van der Waals surface area (Å²) in [5, 5.41) is 18.8. The molecule has 0 unspecified atom stereocenters. The molecule has 0 aliphatic rings. The van der Waals surface area contributed by atoms with Crippen LogP contribution in [0.25, 0.3) is 44.1 Å². The fourth-order valence-electron chi connectivity index (χ4n) is 4.27. The molecule has 0 radical (unpaired) electrons. The van der Waals surface area contributed by atoms with E-state index < -0.39 is 5.97 Å². The lowest BCUT2D eigenvalue weighted by Gasteiger charge is -2.02. The number of aromatic carboxylic acids is 1. The second kappa shape index (κ2) is 8.99. The third-order valence-corrected chi connectivity index (χ3v) is 5.94. The van der Waals surface area contributed by atoms with E-state index in [1.165, 1.54) is 7.11 Å². The minimum Gasteiger partial charge on any atom is -0.478 e. The molecule has 2 aromatic carbocycles. The Kier molecular flexibility index (Phi) is 5.69. The van der Waals surface area contributed by atoms with E-state index in [-0.39, 0.29) is 5.97 Å². The van der Waals surface area contributed by atoms with Crippen molar-refractivity contribution in [3.63, 3.8) is 0 Å². The molecule has 6 rings (SSSR count). The maximum Gasteiger partial charge on any atom is 0.337 e. The van der Waals surface area contributed by atoms with Crippen molar-refractivity contribution in [2.24, 2.45) is 7.05 Å². The molecule has 6 aromatic rings. The Morgan fingerprint density at radius 3 is 2.64 bits per heavy atom. The zero-order valence-electron chi connectivity index (χ0n) is 19.7. The number of pyridine rings is 1. The Balaban J connectivity index is 0.000000186. The van der Waals surface area contributed by atoms with Gasteiger partial charge in [-0.3, -0.25) is 4.98 Å². The number of rotatable bonds is 3. The topological polar surface area (TPSA) is 139 Å². The Morgan fingerprint density at radius 1 is 1.08 bits per heavy atom. The van der Waals surface area contributed by atoms with Gasteiger partial charge in [0.05, 0.1) is 46.2 Å². The number of hydrogen-bond donors (Lipinski definition) is 3. The van der Waals surface area contributed by atoms with Crippen molar-refractivity contribution in [1.29, 1.82) is 0 Å². The normalized spacial score (nSPS) is 11.0. The quantitative estimate of drug-likeness (QED) is 0.316. The van der Waals surface area contributed by atoms with Gasteiger partial charge in [0.1, 0.15) is 0 Å². The highest BCUT2D eigenvalue weighted by Gasteiger charge is 2.14. The van der Waals surface area contributed by atoms with Gasteiger partial charge in [-0.25, -0.2) is 14.3 Å². The number of carboxylic acid groups (broad SMARTS) is 1. The molecule has 36 heavy (non-hydrogen) atoms. The highest BCUT2D eigenvalue weighted by atomic mass is 16.5. The first-order valence-corrected chi connectivity index (χ1v) is 11.0. The largest absolute Gasteiger partial charge is 0.478 e. The molecule has 0 saturated carbocycles. The third-order valence-electron chi connectivity index (χ3n) is 5.94. The molecule has 0 saturated heterocycles. The predicted octanol–water partition coefficient (Wildman–Crippen LogP) is 4.47. The van der Waals surface area contributed by atoms with Gasteiger partial charge in [-0.15, -0.1) is 5.10 Å². The lowest BCUT2D eigenvalue weighted by Crippen LogP contribution is -2.00. The van der Waals surface area contributed by atoms with E-state index in [1.807, 2.05) is 44.4 Å². The number of para-hydroxylation sites is 1. The molecule has 0 spiro atoms. The monoisotopic (exact) mass is 482 g/mol. The molecule has 0 bridgehead atoms. The summed E-state index contributed by atoms with van der Waals surface area (Å²) >= 11 is 0. The third kappa shape index (κ3) is 3.94. The van der Waals surface area contributed by atoms with Gasteiger partial charge < -0.3 is 19.8 Å². The number of esters is 1. The van der Waals surface area contributed by atoms with Crippen LogP contribution in [0, 0.1) is 6.92 Å². The fraction of sp³-hybridized carbons (Fsp3) is 0.115. The maximum atomic E-state index is 11.7. The van der Waals surface area contributed by atoms with Crippen LogP contribution in [0.2, 0.25) is 0 Å². The second-order valence-electron chi connectivity index (χ2n) is 8.20. The number of methoxy groups -OCH3 is 1. The number of hydrogen-bond acceptors (Lipinski definition) is 6. The van der Waals surface area contributed by atoms with Gasteiger partial charge in [-0.05, 0) is 43.3 Å². The van der Waals surface area contributed by atoms with Crippen molar-refractivity contribution in [1.82, 2.24) is 29.9 Å². The SMILES string of the molecule is COC(=O)c1ccc2c(c1)[nH]c1cc(-c3c(C)nnn3C)cnc12.O=C(O)c1cccc2cc[nH]c12. The van der Waals surface area contributed by atoms with E-state index >= 15 is 0 Å². The second-order valence-corrected chi connectivity index (χ2v) is 8.20. The summed E-state index contributed by atoms with van der Waals surface area (Å²) in [6.07, 6.45) is 3.55. The molecule has 3 N–H and O–H groups in total. The van der Waals surface area contributed by atoms with Crippen LogP contribution in [0.5, 0.6) is 0 Å². The van der Waals surface area contributed by atoms with E-state index in [2.05, 4.69) is 25.3 Å². The summed E-state index contributed by atoms with van der Waals surface area (Å²) in [5.41, 5.74) is 6.82. The van der Waals surface area contributed by atoms with Crippen LogP contribution in [0.3, 0.4) is 0 Å². The molecule has 10 nitrogen and oxygen atoms in total. The van der Waals surface area contributed by atoms with Crippen molar-refractivity contribution in [3.8, 4) is 11.3 Å². The molecule has 0 amide bonds. The minimum absolute atomic E-state index is 0.317. The van der Waals surface area contributed by atoms with E-state index in [0.717, 1.165) is 44.3 Å². The Hall–Kier alpha value is -4.99. The van der Waals surface area contributed by atoms with Crippen LogP contribution in [0.1, 0.15) is 26.4 Å². The van der Waals surface area contributed by atoms with Crippen LogP contribution in [0.15, 0.2) is 60.9 Å². The summed E-state index contributed by atoms with van der Waals surface area (Å²) in [6, 6.07) is 14.5. The number of benzene rings is 2. The number of carbonyl (C=O) groups is 2. The summed E-state index contributed by atoms with van der Waals surface area (Å²) in [7, 11) is 3.23. The highest BCUT2D eigenvalue weighted by Crippen LogP contribution is 2.29. The van der Waals surface area contributed by atoms with Crippen LogP contribution >= 0.6 is 0 Å². The average molecular weight is 483 g/mol. The number of aryl methyl sites for hydroxylation is 2. The molecular weight excluding hydrogens is 460 g/mol. The first kappa shape index (κ1) is 22.8. The van der Waals surface area contributed by atoms with Crippen molar-refractivity contribution in [2.45, 2.75) is 6.92 Å². The average Bonchev–Trinajstić information content (AvgIpc) is 3.59. The molecule has 180 valence electrons. The molecule has 4 heterocycles. The van der Waals surface area contributed by atoms with Gasteiger partial charge >= 0.3 is 11.9 Å². The summed E-state index contributed by atoms with van der Waals surface area (Å²) in [6.45, 7) is 1.92. The zero-order valence-corrected chi connectivity index (χ0v) is 19.7. The highest BCUT2D eigenvalue weighted by molar-refractivity contribution is 6.07. The standard InChI is InChI=1S/C17H15N5O2.C9H7NO2/c1-9-16(22(2)21-20-9)11-7-14-15(18-8-11)12-5-4-10(17(23)24-3)6-13(12)19-14;11-9(12)7-3-1-2-6-4-5-10-8(6)7/h4-8,19H,1-3H3;1-5,10H,(H,11,12). The number of carboxylic acids is 1. The molecule has 0 aliphatic carbocycles. The molecule has 4 aromatic heterocycles. The van der Waals surface area contributed by atoms with Crippen molar-refractivity contribution < 1.29 is 19.4 Å². The van der Waals surface area contributed by atoms with Crippen molar-refractivity contribution in [2.75, 3.05) is 7.11 Å². The predicted molar refractivity (Wildman–Crippen MR) is 135 cm³/mol. The number of ether oxygens (including phenoxy) is 1. The lowest BCUT2D eigenvalue weighted by molar-refractivity contribution is 0.0600. The van der Waals surface area contributed by atoms with Gasteiger partial charge in [-0.1, -0.05) is 17.3 Å².